The molecular weight excluding hydrogens is 288 g/mol. The van der Waals surface area contributed by atoms with Gasteiger partial charge in [0, 0.05) is 36.9 Å². The van der Waals surface area contributed by atoms with E-state index >= 15 is 0 Å². The highest BCUT2D eigenvalue weighted by Gasteiger charge is 2.11. The molecule has 0 atom stereocenters. The largest absolute Gasteiger partial charge is 0.383 e. The standard InChI is InChI=1S/C18H24N4O/c1-3-22(4-2)14-13-20-17-8-6-5-7-16(17)18(23)21-15-9-11-19-12-10-15/h5-12,20H,3-4,13-14H2,1-2H3,(H,19,21,23). The number of nitrogens with zero attached hydrogens (tertiary/aromatic N) is 2. The maximum Gasteiger partial charge on any atom is 0.257 e. The average molecular weight is 312 g/mol. The van der Waals surface area contributed by atoms with E-state index in [0.29, 0.717) is 5.56 Å². The third-order valence-corrected chi connectivity index (χ3v) is 3.75. The summed E-state index contributed by atoms with van der Waals surface area (Å²) in [7, 11) is 0. The number of nitrogens with one attached hydrogen (secondary N) is 2. The van der Waals surface area contributed by atoms with Gasteiger partial charge in [0.15, 0.2) is 0 Å². The summed E-state index contributed by atoms with van der Waals surface area (Å²) in [5.74, 6) is -0.123. The Morgan fingerprint density at radius 1 is 1.09 bits per heavy atom. The van der Waals surface area contributed by atoms with Crippen molar-refractivity contribution in [2.24, 2.45) is 0 Å². The van der Waals surface area contributed by atoms with Crippen LogP contribution < -0.4 is 10.6 Å². The molecule has 0 radical (unpaired) electrons. The lowest BCUT2D eigenvalue weighted by atomic mass is 10.1. The summed E-state index contributed by atoms with van der Waals surface area (Å²) in [6.45, 7) is 8.12. The fraction of sp³-hybridized carbons (Fsp3) is 0.333. The Morgan fingerprint density at radius 2 is 1.78 bits per heavy atom. The predicted molar refractivity (Wildman–Crippen MR) is 94.9 cm³/mol. The van der Waals surface area contributed by atoms with Gasteiger partial charge in [-0.3, -0.25) is 9.78 Å². The molecule has 0 aliphatic heterocycles. The normalized spacial score (nSPS) is 10.6. The first-order chi connectivity index (χ1) is 11.2. The van der Waals surface area contributed by atoms with Crippen LogP contribution in [-0.2, 0) is 0 Å². The number of anilines is 2. The van der Waals surface area contributed by atoms with E-state index in [4.69, 9.17) is 0 Å². The number of pyridine rings is 1. The van der Waals surface area contributed by atoms with Gasteiger partial charge in [0.05, 0.1) is 5.56 Å². The molecular formula is C18H24N4O. The van der Waals surface area contributed by atoms with Gasteiger partial charge in [-0.1, -0.05) is 26.0 Å². The maximum atomic E-state index is 12.5. The minimum atomic E-state index is -0.123. The number of aromatic nitrogens is 1. The molecule has 0 unspecified atom stereocenters. The van der Waals surface area contributed by atoms with Crippen LogP contribution in [-0.4, -0.2) is 42.0 Å². The topological polar surface area (TPSA) is 57.3 Å². The molecule has 0 bridgehead atoms. The molecule has 5 nitrogen and oxygen atoms in total. The van der Waals surface area contributed by atoms with Crippen molar-refractivity contribution in [1.29, 1.82) is 0 Å². The van der Waals surface area contributed by atoms with Crippen molar-refractivity contribution in [2.45, 2.75) is 13.8 Å². The van der Waals surface area contributed by atoms with Crippen LogP contribution in [0.15, 0.2) is 48.8 Å². The molecule has 0 saturated carbocycles. The fourth-order valence-electron chi connectivity index (χ4n) is 2.36. The van der Waals surface area contributed by atoms with Gasteiger partial charge in [0.1, 0.15) is 0 Å². The lowest BCUT2D eigenvalue weighted by molar-refractivity contribution is 0.102. The Balaban J connectivity index is 2.00. The second kappa shape index (κ2) is 8.90. The van der Waals surface area contributed by atoms with Crippen LogP contribution in [0.2, 0.25) is 0 Å². The van der Waals surface area contributed by atoms with Gasteiger partial charge in [-0.15, -0.1) is 0 Å². The summed E-state index contributed by atoms with van der Waals surface area (Å²) in [6.07, 6.45) is 3.31. The minimum absolute atomic E-state index is 0.123. The number of amides is 1. The highest BCUT2D eigenvalue weighted by molar-refractivity contribution is 6.07. The molecule has 2 rings (SSSR count). The number of likely N-dealkylation sites (N-methyl/N-ethyl adjacent to an activating group) is 1. The van der Waals surface area contributed by atoms with E-state index in [2.05, 4.69) is 34.4 Å². The monoisotopic (exact) mass is 312 g/mol. The Morgan fingerprint density at radius 3 is 2.48 bits per heavy atom. The van der Waals surface area contributed by atoms with Crippen molar-refractivity contribution in [3.63, 3.8) is 0 Å². The number of hydrogen-bond donors (Lipinski definition) is 2. The van der Waals surface area contributed by atoms with E-state index in [-0.39, 0.29) is 5.91 Å². The summed E-state index contributed by atoms with van der Waals surface area (Å²) >= 11 is 0. The van der Waals surface area contributed by atoms with Crippen LogP contribution in [0.3, 0.4) is 0 Å². The van der Waals surface area contributed by atoms with Crippen molar-refractivity contribution < 1.29 is 4.79 Å². The smallest absolute Gasteiger partial charge is 0.257 e. The lowest BCUT2D eigenvalue weighted by Crippen LogP contribution is -2.29. The first kappa shape index (κ1) is 17.0. The number of rotatable bonds is 8. The van der Waals surface area contributed by atoms with Gasteiger partial charge >= 0.3 is 0 Å². The number of carbonyl (C=O) groups excluding carboxylic acids is 1. The molecule has 5 heteroatoms. The maximum absolute atomic E-state index is 12.5. The molecule has 23 heavy (non-hydrogen) atoms. The molecule has 0 aliphatic rings. The van der Waals surface area contributed by atoms with Crippen LogP contribution >= 0.6 is 0 Å². The third-order valence-electron chi connectivity index (χ3n) is 3.75. The van der Waals surface area contributed by atoms with Gasteiger partial charge in [0.2, 0.25) is 0 Å². The fourth-order valence-corrected chi connectivity index (χ4v) is 2.36. The van der Waals surface area contributed by atoms with Gasteiger partial charge in [-0.25, -0.2) is 0 Å². The quantitative estimate of drug-likeness (QED) is 0.786. The summed E-state index contributed by atoms with van der Waals surface area (Å²) in [4.78, 5) is 18.8. The summed E-state index contributed by atoms with van der Waals surface area (Å²) in [6, 6.07) is 11.1. The van der Waals surface area contributed by atoms with Crippen LogP contribution in [0, 0.1) is 0 Å². The zero-order valence-corrected chi connectivity index (χ0v) is 13.7. The van der Waals surface area contributed by atoms with Crippen molar-refractivity contribution in [2.75, 3.05) is 36.8 Å². The molecule has 2 aromatic rings. The Kier molecular flexibility index (Phi) is 6.56. The van der Waals surface area contributed by atoms with Crippen molar-refractivity contribution >= 4 is 17.3 Å². The predicted octanol–water partition coefficient (Wildman–Crippen LogP) is 3.09. The van der Waals surface area contributed by atoms with E-state index in [1.807, 2.05) is 24.3 Å². The number of para-hydroxylation sites is 1. The number of carbonyl (C=O) groups is 1. The first-order valence-corrected chi connectivity index (χ1v) is 8.01. The van der Waals surface area contributed by atoms with Crippen molar-refractivity contribution in [3.05, 3.63) is 54.4 Å². The van der Waals surface area contributed by atoms with E-state index in [9.17, 15) is 4.79 Å². The number of benzene rings is 1. The van der Waals surface area contributed by atoms with Gasteiger partial charge in [0.25, 0.3) is 5.91 Å². The molecule has 0 fully saturated rings. The van der Waals surface area contributed by atoms with Crippen LogP contribution in [0.25, 0.3) is 0 Å². The molecule has 1 aromatic carbocycles. The Labute approximate surface area is 137 Å². The highest BCUT2D eigenvalue weighted by atomic mass is 16.1. The molecule has 0 saturated heterocycles. The molecule has 122 valence electrons. The van der Waals surface area contributed by atoms with Crippen LogP contribution in [0.5, 0.6) is 0 Å². The Hall–Kier alpha value is -2.40. The second-order valence-electron chi connectivity index (χ2n) is 5.19. The zero-order valence-electron chi connectivity index (χ0n) is 13.7. The second-order valence-corrected chi connectivity index (χ2v) is 5.19. The molecule has 0 spiro atoms. The molecule has 1 amide bonds. The average Bonchev–Trinajstić information content (AvgIpc) is 2.60. The van der Waals surface area contributed by atoms with E-state index in [1.54, 1.807) is 24.5 Å². The van der Waals surface area contributed by atoms with Gasteiger partial charge in [-0.05, 0) is 37.4 Å². The Bertz CT molecular complexity index is 611. The number of hydrogen-bond acceptors (Lipinski definition) is 4. The van der Waals surface area contributed by atoms with E-state index in [0.717, 1.165) is 37.6 Å². The van der Waals surface area contributed by atoms with Crippen LogP contribution in [0.4, 0.5) is 11.4 Å². The summed E-state index contributed by atoms with van der Waals surface area (Å²) in [5.41, 5.74) is 2.23. The highest BCUT2D eigenvalue weighted by Crippen LogP contribution is 2.17. The molecule has 1 heterocycles. The molecule has 1 aromatic heterocycles. The first-order valence-electron chi connectivity index (χ1n) is 8.01. The lowest BCUT2D eigenvalue weighted by Gasteiger charge is -2.19. The minimum Gasteiger partial charge on any atom is -0.383 e. The molecule has 2 N–H and O–H groups in total. The van der Waals surface area contributed by atoms with Crippen LogP contribution in [0.1, 0.15) is 24.2 Å². The summed E-state index contributed by atoms with van der Waals surface area (Å²) < 4.78 is 0. The van der Waals surface area contributed by atoms with Gasteiger partial charge in [-0.2, -0.15) is 0 Å². The van der Waals surface area contributed by atoms with E-state index in [1.165, 1.54) is 0 Å². The SMILES string of the molecule is CCN(CC)CCNc1ccccc1C(=O)Nc1ccncc1. The van der Waals surface area contributed by atoms with Crippen molar-refractivity contribution in [3.8, 4) is 0 Å². The summed E-state index contributed by atoms with van der Waals surface area (Å²) in [5, 5.41) is 6.25. The third kappa shape index (κ3) is 5.07. The van der Waals surface area contributed by atoms with Crippen molar-refractivity contribution in [1.82, 2.24) is 9.88 Å². The van der Waals surface area contributed by atoms with Gasteiger partial charge < -0.3 is 15.5 Å². The molecule has 0 aliphatic carbocycles. The zero-order chi connectivity index (χ0) is 16.5. The van der Waals surface area contributed by atoms with E-state index < -0.39 is 0 Å².